The molecular weight excluding hydrogens is 456 g/mol. The first-order valence-electron chi connectivity index (χ1n) is 9.30. The van der Waals surface area contributed by atoms with Crippen LogP contribution in [0.1, 0.15) is 11.1 Å². The number of phenolic OH excluding ortho intramolecular Hbond substituents is 1. The summed E-state index contributed by atoms with van der Waals surface area (Å²) in [6, 6.07) is 13.8. The summed E-state index contributed by atoms with van der Waals surface area (Å²) in [6.07, 6.45) is 0. The van der Waals surface area contributed by atoms with Gasteiger partial charge >= 0.3 is 11.9 Å². The topological polar surface area (TPSA) is 111 Å². The summed E-state index contributed by atoms with van der Waals surface area (Å²) < 4.78 is 6.43. The molecule has 0 amide bonds. The maximum Gasteiger partial charge on any atom is 0.414 e. The number of hydrogen-bond donors (Lipinski definition) is 3. The van der Waals surface area contributed by atoms with Crippen LogP contribution in [-0.4, -0.2) is 70.3 Å². The lowest BCUT2D eigenvalue weighted by Gasteiger charge is -2.35. The van der Waals surface area contributed by atoms with E-state index < -0.39 is 11.9 Å². The fourth-order valence-corrected chi connectivity index (χ4v) is 3.44. The normalized spacial score (nSPS) is 14.5. The number of carboxylic acids is 2. The molecule has 3 N–H and O–H groups in total. The van der Waals surface area contributed by atoms with Gasteiger partial charge in [-0.25, -0.2) is 9.59 Å². The lowest BCUT2D eigenvalue weighted by atomic mass is 10.1. The third-order valence-electron chi connectivity index (χ3n) is 4.68. The lowest BCUT2D eigenvalue weighted by molar-refractivity contribution is -0.159. The Balaban J connectivity index is 0.000000469. The van der Waals surface area contributed by atoms with E-state index in [1.165, 1.54) is 10.0 Å². The maximum atomic E-state index is 10.0. The Hall–Kier alpha value is -2.62. The van der Waals surface area contributed by atoms with E-state index in [0.717, 1.165) is 50.6 Å². The van der Waals surface area contributed by atoms with Crippen LogP contribution in [0.3, 0.4) is 0 Å². The van der Waals surface area contributed by atoms with Crippen molar-refractivity contribution < 1.29 is 29.6 Å². The molecule has 0 unspecified atom stereocenters. The van der Waals surface area contributed by atoms with E-state index in [1.54, 1.807) is 19.2 Å². The van der Waals surface area contributed by atoms with Crippen LogP contribution in [-0.2, 0) is 22.7 Å². The summed E-state index contributed by atoms with van der Waals surface area (Å²) in [4.78, 5) is 23.1. The minimum absolute atomic E-state index is 0.339. The fraction of sp³-hybridized carbons (Fsp3) is 0.333. The lowest BCUT2D eigenvalue weighted by Crippen LogP contribution is -2.45. The Labute approximate surface area is 183 Å². The van der Waals surface area contributed by atoms with Crippen LogP contribution in [0, 0.1) is 0 Å². The van der Waals surface area contributed by atoms with Gasteiger partial charge in [0.25, 0.3) is 0 Å². The minimum Gasteiger partial charge on any atom is -0.508 e. The van der Waals surface area contributed by atoms with Crippen molar-refractivity contribution in [3.05, 3.63) is 58.1 Å². The third-order valence-corrected chi connectivity index (χ3v) is 5.45. The zero-order chi connectivity index (χ0) is 22.1. The number of rotatable bonds is 5. The maximum absolute atomic E-state index is 10.0. The molecule has 0 spiro atoms. The van der Waals surface area contributed by atoms with Crippen LogP contribution >= 0.6 is 15.9 Å². The van der Waals surface area contributed by atoms with Gasteiger partial charge in [-0.3, -0.25) is 9.80 Å². The van der Waals surface area contributed by atoms with Gasteiger partial charge in [0.1, 0.15) is 11.5 Å². The van der Waals surface area contributed by atoms with Crippen molar-refractivity contribution in [3.8, 4) is 11.5 Å². The van der Waals surface area contributed by atoms with Crippen LogP contribution in [0.4, 0.5) is 0 Å². The Bertz CT molecular complexity index is 856. The number of carbonyl (C=O) groups is 2. The Kier molecular flexibility index (Phi) is 9.10. The van der Waals surface area contributed by atoms with Crippen molar-refractivity contribution >= 4 is 27.9 Å². The molecule has 0 atom stereocenters. The van der Waals surface area contributed by atoms with E-state index in [0.29, 0.717) is 5.75 Å². The summed E-state index contributed by atoms with van der Waals surface area (Å²) in [5.74, 6) is -2.52. The summed E-state index contributed by atoms with van der Waals surface area (Å²) in [5, 5.41) is 24.8. The molecule has 8 nitrogen and oxygen atoms in total. The van der Waals surface area contributed by atoms with Crippen molar-refractivity contribution in [1.82, 2.24) is 9.80 Å². The van der Waals surface area contributed by atoms with Gasteiger partial charge in [0.2, 0.25) is 0 Å². The number of piperazine rings is 1. The number of methoxy groups -OCH3 is 1. The fourth-order valence-electron chi connectivity index (χ4n) is 3.03. The zero-order valence-corrected chi connectivity index (χ0v) is 18.2. The standard InChI is InChI=1S/C19H23BrN2O2.C2H2O4/c1-24-17-6-7-19(23)16(12-17)14-22-10-8-21(9-11-22)13-15-4-2-3-5-18(15)20;3-1(4)2(5)6/h2-7,12,23H,8-11,13-14H2,1H3;(H,3,4)(H,5,6). The number of hydrogen-bond acceptors (Lipinski definition) is 6. The molecule has 162 valence electrons. The SMILES string of the molecule is COc1ccc(O)c(CN2CCN(Cc3ccccc3Br)CC2)c1.O=C(O)C(=O)O. The second-order valence-electron chi connectivity index (χ2n) is 6.75. The van der Waals surface area contributed by atoms with Gasteiger partial charge in [-0.1, -0.05) is 34.1 Å². The molecule has 0 aliphatic carbocycles. The first-order chi connectivity index (χ1) is 14.3. The summed E-state index contributed by atoms with van der Waals surface area (Å²) in [7, 11) is 1.65. The number of phenols is 1. The molecule has 1 heterocycles. The van der Waals surface area contributed by atoms with Crippen molar-refractivity contribution in [2.45, 2.75) is 13.1 Å². The molecule has 0 aromatic heterocycles. The minimum atomic E-state index is -1.82. The van der Waals surface area contributed by atoms with Crippen LogP contribution in [0.15, 0.2) is 46.9 Å². The van der Waals surface area contributed by atoms with E-state index >= 15 is 0 Å². The zero-order valence-electron chi connectivity index (χ0n) is 16.6. The van der Waals surface area contributed by atoms with E-state index in [-0.39, 0.29) is 0 Å². The molecular formula is C21H25BrN2O6. The number of benzene rings is 2. The molecule has 1 aliphatic heterocycles. The summed E-state index contributed by atoms with van der Waals surface area (Å²) in [5.41, 5.74) is 2.25. The van der Waals surface area contributed by atoms with E-state index in [4.69, 9.17) is 24.5 Å². The Morgan fingerprint density at radius 1 is 0.933 bits per heavy atom. The number of nitrogens with zero attached hydrogens (tertiary/aromatic N) is 2. The molecule has 0 bridgehead atoms. The van der Waals surface area contributed by atoms with Gasteiger partial charge in [0, 0.05) is 49.3 Å². The second kappa shape index (κ2) is 11.5. The predicted octanol–water partition coefficient (Wildman–Crippen LogP) is 2.64. The van der Waals surface area contributed by atoms with E-state index in [1.807, 2.05) is 12.1 Å². The number of aliphatic carboxylic acids is 2. The molecule has 1 fully saturated rings. The quantitative estimate of drug-likeness (QED) is 0.560. The van der Waals surface area contributed by atoms with Crippen LogP contribution < -0.4 is 4.74 Å². The molecule has 1 aliphatic rings. The highest BCUT2D eigenvalue weighted by Gasteiger charge is 2.19. The van der Waals surface area contributed by atoms with Crippen LogP contribution in [0.25, 0.3) is 0 Å². The number of aromatic hydroxyl groups is 1. The average molecular weight is 481 g/mol. The molecule has 1 saturated heterocycles. The van der Waals surface area contributed by atoms with Crippen LogP contribution in [0.5, 0.6) is 11.5 Å². The molecule has 3 rings (SSSR count). The highest BCUT2D eigenvalue weighted by Crippen LogP contribution is 2.25. The smallest absolute Gasteiger partial charge is 0.414 e. The predicted molar refractivity (Wildman–Crippen MR) is 115 cm³/mol. The van der Waals surface area contributed by atoms with Gasteiger partial charge in [-0.2, -0.15) is 0 Å². The van der Waals surface area contributed by atoms with Crippen LogP contribution in [0.2, 0.25) is 0 Å². The first kappa shape index (κ1) is 23.7. The van der Waals surface area contributed by atoms with Gasteiger partial charge in [0.15, 0.2) is 0 Å². The van der Waals surface area contributed by atoms with Crippen molar-refractivity contribution in [2.75, 3.05) is 33.3 Å². The summed E-state index contributed by atoms with van der Waals surface area (Å²) >= 11 is 3.62. The molecule has 2 aromatic carbocycles. The molecule has 30 heavy (non-hydrogen) atoms. The third kappa shape index (κ3) is 7.33. The number of halogens is 1. The highest BCUT2D eigenvalue weighted by molar-refractivity contribution is 9.10. The molecule has 0 saturated carbocycles. The average Bonchev–Trinajstić information content (AvgIpc) is 2.73. The number of carboxylic acid groups (broad SMARTS) is 2. The second-order valence-corrected chi connectivity index (χ2v) is 7.60. The van der Waals surface area contributed by atoms with E-state index in [2.05, 4.69) is 43.9 Å². The molecule has 0 radical (unpaired) electrons. The first-order valence-corrected chi connectivity index (χ1v) is 10.1. The van der Waals surface area contributed by atoms with Crippen molar-refractivity contribution in [3.63, 3.8) is 0 Å². The van der Waals surface area contributed by atoms with Gasteiger partial charge in [-0.15, -0.1) is 0 Å². The molecule has 2 aromatic rings. The van der Waals surface area contributed by atoms with Crippen molar-refractivity contribution in [1.29, 1.82) is 0 Å². The highest BCUT2D eigenvalue weighted by atomic mass is 79.9. The van der Waals surface area contributed by atoms with E-state index in [9.17, 15) is 5.11 Å². The molecule has 9 heteroatoms. The number of ether oxygens (including phenoxy) is 1. The van der Waals surface area contributed by atoms with Crippen molar-refractivity contribution in [2.24, 2.45) is 0 Å². The Morgan fingerprint density at radius 2 is 1.47 bits per heavy atom. The Morgan fingerprint density at radius 3 is 1.97 bits per heavy atom. The largest absolute Gasteiger partial charge is 0.508 e. The van der Waals surface area contributed by atoms with Gasteiger partial charge < -0.3 is 20.1 Å². The monoisotopic (exact) mass is 480 g/mol. The van der Waals surface area contributed by atoms with Gasteiger partial charge in [-0.05, 0) is 29.8 Å². The van der Waals surface area contributed by atoms with Gasteiger partial charge in [0.05, 0.1) is 7.11 Å². The summed E-state index contributed by atoms with van der Waals surface area (Å²) in [6.45, 7) is 5.80.